The van der Waals surface area contributed by atoms with Crippen LogP contribution in [0, 0.1) is 27.7 Å². The van der Waals surface area contributed by atoms with E-state index in [1.54, 1.807) is 0 Å². The standard InChI is InChI=1S/C37H36N8O2S2/c1-24-15-17-30(26(3)19-24)38-34(46)22-48-36-42-40-32(44(36)28-11-7-5-8-12-28)21-33-41-43-37(45(33)29-13-9-6-10-14-29)49-23-35(47)39-31-18-16-25(2)20-27(31)4/h5-20H,21-23H2,1-4H3,(H,38,46)(H,39,47). The number of para-hydroxylation sites is 2. The maximum absolute atomic E-state index is 13.0. The molecule has 248 valence electrons. The van der Waals surface area contributed by atoms with Gasteiger partial charge in [0.1, 0.15) is 11.6 Å². The Balaban J connectivity index is 1.24. The normalized spacial score (nSPS) is 11.0. The predicted molar refractivity (Wildman–Crippen MR) is 196 cm³/mol. The van der Waals surface area contributed by atoms with E-state index in [-0.39, 0.29) is 23.3 Å². The Morgan fingerprint density at radius 1 is 0.571 bits per heavy atom. The van der Waals surface area contributed by atoms with Gasteiger partial charge >= 0.3 is 0 Å². The van der Waals surface area contributed by atoms with Gasteiger partial charge in [-0.15, -0.1) is 20.4 Å². The van der Waals surface area contributed by atoms with Crippen molar-refractivity contribution in [3.05, 3.63) is 131 Å². The van der Waals surface area contributed by atoms with E-state index >= 15 is 0 Å². The second-order valence-electron chi connectivity index (χ2n) is 11.6. The fourth-order valence-corrected chi connectivity index (χ4v) is 6.91. The van der Waals surface area contributed by atoms with Gasteiger partial charge in [-0.2, -0.15) is 0 Å². The molecular formula is C37H36N8O2S2. The first-order valence-electron chi connectivity index (χ1n) is 15.7. The van der Waals surface area contributed by atoms with Crippen molar-refractivity contribution in [2.24, 2.45) is 0 Å². The fraction of sp³-hybridized carbons (Fsp3) is 0.189. The summed E-state index contributed by atoms with van der Waals surface area (Å²) in [6.07, 6.45) is 0.300. The number of nitrogens with zero attached hydrogens (tertiary/aromatic N) is 6. The van der Waals surface area contributed by atoms with Crippen LogP contribution in [0.1, 0.15) is 33.9 Å². The van der Waals surface area contributed by atoms with Crippen LogP contribution in [0.4, 0.5) is 11.4 Å². The van der Waals surface area contributed by atoms with Crippen molar-refractivity contribution >= 4 is 46.7 Å². The van der Waals surface area contributed by atoms with Crippen molar-refractivity contribution in [3.63, 3.8) is 0 Å². The zero-order valence-electron chi connectivity index (χ0n) is 27.7. The van der Waals surface area contributed by atoms with Crippen LogP contribution in [0.25, 0.3) is 11.4 Å². The molecule has 0 spiro atoms. The molecule has 49 heavy (non-hydrogen) atoms. The number of benzene rings is 4. The third-order valence-corrected chi connectivity index (χ3v) is 9.58. The van der Waals surface area contributed by atoms with Crippen molar-refractivity contribution in [1.82, 2.24) is 29.5 Å². The van der Waals surface area contributed by atoms with Gasteiger partial charge in [0.2, 0.25) is 11.8 Å². The second kappa shape index (κ2) is 15.3. The van der Waals surface area contributed by atoms with Crippen molar-refractivity contribution in [2.45, 2.75) is 44.4 Å². The number of rotatable bonds is 12. The molecule has 6 aromatic rings. The molecule has 2 aromatic heterocycles. The Bertz CT molecular complexity index is 1950. The number of thioether (sulfide) groups is 2. The molecule has 6 rings (SSSR count). The van der Waals surface area contributed by atoms with Crippen LogP contribution < -0.4 is 10.6 Å². The maximum atomic E-state index is 13.0. The average molecular weight is 689 g/mol. The number of amides is 2. The Labute approximate surface area is 293 Å². The van der Waals surface area contributed by atoms with Crippen LogP contribution in [0.3, 0.4) is 0 Å². The van der Waals surface area contributed by atoms with Gasteiger partial charge < -0.3 is 10.6 Å². The van der Waals surface area contributed by atoms with Crippen LogP contribution >= 0.6 is 23.5 Å². The van der Waals surface area contributed by atoms with Crippen molar-refractivity contribution in [3.8, 4) is 11.4 Å². The van der Waals surface area contributed by atoms with Crippen molar-refractivity contribution < 1.29 is 9.59 Å². The summed E-state index contributed by atoms with van der Waals surface area (Å²) in [4.78, 5) is 25.9. The molecule has 0 fully saturated rings. The molecule has 0 bridgehead atoms. The topological polar surface area (TPSA) is 120 Å². The minimum atomic E-state index is -0.131. The molecule has 0 radical (unpaired) electrons. The van der Waals surface area contributed by atoms with Crippen LogP contribution in [0.15, 0.2) is 107 Å². The molecule has 2 heterocycles. The maximum Gasteiger partial charge on any atom is 0.234 e. The molecular weight excluding hydrogens is 653 g/mol. The first-order chi connectivity index (χ1) is 23.7. The summed E-state index contributed by atoms with van der Waals surface area (Å²) in [7, 11) is 0. The second-order valence-corrected chi connectivity index (χ2v) is 13.5. The third kappa shape index (κ3) is 8.27. The molecule has 4 aromatic carbocycles. The highest BCUT2D eigenvalue weighted by Gasteiger charge is 2.22. The van der Waals surface area contributed by atoms with E-state index < -0.39 is 0 Å². The summed E-state index contributed by atoms with van der Waals surface area (Å²) < 4.78 is 3.90. The van der Waals surface area contributed by atoms with E-state index in [9.17, 15) is 9.59 Å². The highest BCUT2D eigenvalue weighted by atomic mass is 32.2. The molecule has 0 atom stereocenters. The smallest absolute Gasteiger partial charge is 0.234 e. The summed E-state index contributed by atoms with van der Waals surface area (Å²) in [5.74, 6) is 1.32. The van der Waals surface area contributed by atoms with Crippen LogP contribution in [-0.2, 0) is 16.0 Å². The van der Waals surface area contributed by atoms with E-state index in [1.165, 1.54) is 23.5 Å². The van der Waals surface area contributed by atoms with E-state index in [1.807, 2.05) is 134 Å². The van der Waals surface area contributed by atoms with E-state index in [2.05, 4.69) is 31.0 Å². The molecule has 0 saturated heterocycles. The highest BCUT2D eigenvalue weighted by molar-refractivity contribution is 8.00. The summed E-state index contributed by atoms with van der Waals surface area (Å²) in [5, 5.41) is 25.3. The quantitative estimate of drug-likeness (QED) is 0.130. The molecule has 12 heteroatoms. The van der Waals surface area contributed by atoms with E-state index in [0.717, 1.165) is 45.0 Å². The number of nitrogens with one attached hydrogen (secondary N) is 2. The van der Waals surface area contributed by atoms with Crippen LogP contribution in [0.2, 0.25) is 0 Å². The van der Waals surface area contributed by atoms with Gasteiger partial charge in [0, 0.05) is 22.7 Å². The molecule has 0 aliphatic rings. The van der Waals surface area contributed by atoms with Crippen LogP contribution in [0.5, 0.6) is 0 Å². The summed E-state index contributed by atoms with van der Waals surface area (Å²) >= 11 is 2.63. The van der Waals surface area contributed by atoms with Gasteiger partial charge in [0.05, 0.1) is 17.9 Å². The first kappa shape index (κ1) is 33.7. The van der Waals surface area contributed by atoms with Gasteiger partial charge in [-0.25, -0.2) is 0 Å². The average Bonchev–Trinajstić information content (AvgIpc) is 3.69. The lowest BCUT2D eigenvalue weighted by Gasteiger charge is -2.13. The van der Waals surface area contributed by atoms with Crippen LogP contribution in [-0.4, -0.2) is 52.8 Å². The molecule has 0 saturated carbocycles. The summed E-state index contributed by atoms with van der Waals surface area (Å²) in [6.45, 7) is 8.01. The lowest BCUT2D eigenvalue weighted by atomic mass is 10.1. The predicted octanol–water partition coefficient (Wildman–Crippen LogP) is 7.13. The summed E-state index contributed by atoms with van der Waals surface area (Å²) in [6, 6.07) is 31.5. The number of aryl methyl sites for hydroxylation is 4. The molecule has 2 amide bonds. The lowest BCUT2D eigenvalue weighted by molar-refractivity contribution is -0.114. The SMILES string of the molecule is Cc1ccc(NC(=O)CSc2nnc(Cc3nnc(SCC(=O)Nc4ccc(C)cc4C)n3-c3ccccc3)n2-c2ccccc2)c(C)c1. The number of hydrogen-bond acceptors (Lipinski definition) is 8. The van der Waals surface area contributed by atoms with Crippen molar-refractivity contribution in [1.29, 1.82) is 0 Å². The number of aromatic nitrogens is 6. The van der Waals surface area contributed by atoms with Gasteiger partial charge in [0.25, 0.3) is 0 Å². The molecule has 10 nitrogen and oxygen atoms in total. The minimum absolute atomic E-state index is 0.131. The monoisotopic (exact) mass is 688 g/mol. The van der Waals surface area contributed by atoms with Gasteiger partial charge in [-0.3, -0.25) is 18.7 Å². The molecule has 0 aliphatic heterocycles. The minimum Gasteiger partial charge on any atom is -0.325 e. The van der Waals surface area contributed by atoms with E-state index in [0.29, 0.717) is 28.4 Å². The number of hydrogen-bond donors (Lipinski definition) is 2. The Hall–Kier alpha value is -5.20. The highest BCUT2D eigenvalue weighted by Crippen LogP contribution is 2.27. The number of carbonyl (C=O) groups excluding carboxylic acids is 2. The summed E-state index contributed by atoms with van der Waals surface area (Å²) in [5.41, 5.74) is 7.61. The molecule has 0 aliphatic carbocycles. The van der Waals surface area contributed by atoms with Gasteiger partial charge in [0.15, 0.2) is 10.3 Å². The Morgan fingerprint density at radius 2 is 0.980 bits per heavy atom. The lowest BCUT2D eigenvalue weighted by Crippen LogP contribution is -2.16. The molecule has 2 N–H and O–H groups in total. The van der Waals surface area contributed by atoms with Crippen molar-refractivity contribution in [2.75, 3.05) is 22.1 Å². The number of anilines is 2. The first-order valence-corrected chi connectivity index (χ1v) is 17.7. The molecule has 0 unspecified atom stereocenters. The third-order valence-electron chi connectivity index (χ3n) is 7.72. The van der Waals surface area contributed by atoms with Gasteiger partial charge in [-0.05, 0) is 75.2 Å². The van der Waals surface area contributed by atoms with E-state index in [4.69, 9.17) is 0 Å². The zero-order valence-corrected chi connectivity index (χ0v) is 29.3. The number of carbonyl (C=O) groups is 2. The largest absolute Gasteiger partial charge is 0.325 e. The Morgan fingerprint density at radius 3 is 1.37 bits per heavy atom. The Kier molecular flexibility index (Phi) is 10.6. The van der Waals surface area contributed by atoms with Gasteiger partial charge in [-0.1, -0.05) is 95.3 Å². The zero-order chi connectivity index (χ0) is 34.3. The fourth-order valence-electron chi connectivity index (χ4n) is 5.37.